The summed E-state index contributed by atoms with van der Waals surface area (Å²) in [5.74, 6) is 0.567. The van der Waals surface area contributed by atoms with Crippen molar-refractivity contribution in [3.05, 3.63) is 0 Å². The summed E-state index contributed by atoms with van der Waals surface area (Å²) in [7, 11) is 0. The molecule has 1 aliphatic rings. The van der Waals surface area contributed by atoms with Gasteiger partial charge >= 0.3 is 5.97 Å². The second-order valence-corrected chi connectivity index (χ2v) is 4.71. The van der Waals surface area contributed by atoms with Gasteiger partial charge in [-0.3, -0.25) is 4.79 Å². The van der Waals surface area contributed by atoms with E-state index in [-0.39, 0.29) is 11.6 Å². The fourth-order valence-electron chi connectivity index (χ4n) is 1.51. The van der Waals surface area contributed by atoms with Crippen LogP contribution in [-0.4, -0.2) is 11.6 Å². The second-order valence-electron chi connectivity index (χ2n) is 4.71. The lowest BCUT2D eigenvalue weighted by Crippen LogP contribution is -2.38. The van der Waals surface area contributed by atoms with Crippen molar-refractivity contribution in [2.75, 3.05) is 0 Å². The topological polar surface area (TPSA) is 26.3 Å². The predicted molar refractivity (Wildman–Crippen MR) is 52.4 cm³/mol. The molecule has 13 heavy (non-hydrogen) atoms. The van der Waals surface area contributed by atoms with E-state index in [1.54, 1.807) is 0 Å². The van der Waals surface area contributed by atoms with Crippen LogP contribution in [0.2, 0.25) is 0 Å². The lowest BCUT2D eigenvalue weighted by molar-refractivity contribution is -0.166. The Hall–Kier alpha value is -0.530. The molecule has 0 radical (unpaired) electrons. The van der Waals surface area contributed by atoms with E-state index in [1.807, 2.05) is 6.92 Å². The quantitative estimate of drug-likeness (QED) is 0.628. The van der Waals surface area contributed by atoms with E-state index in [0.29, 0.717) is 12.3 Å². The first-order chi connectivity index (χ1) is 6.02. The smallest absolute Gasteiger partial charge is 0.306 e. The molecule has 1 saturated carbocycles. The molecular formula is C11H20O2. The van der Waals surface area contributed by atoms with Gasteiger partial charge < -0.3 is 4.74 Å². The molecule has 76 valence electrons. The minimum atomic E-state index is -0.117. The zero-order valence-electron chi connectivity index (χ0n) is 8.93. The van der Waals surface area contributed by atoms with Crippen molar-refractivity contribution in [2.45, 2.75) is 58.5 Å². The average Bonchev–Trinajstić information content (AvgIpc) is 1.98. The van der Waals surface area contributed by atoms with Gasteiger partial charge in [-0.1, -0.05) is 13.8 Å². The molecule has 1 aliphatic carbocycles. The van der Waals surface area contributed by atoms with E-state index in [1.165, 1.54) is 6.42 Å². The van der Waals surface area contributed by atoms with E-state index in [2.05, 4.69) is 13.8 Å². The molecule has 0 saturated heterocycles. The van der Waals surface area contributed by atoms with Gasteiger partial charge in [0.2, 0.25) is 0 Å². The molecule has 0 amide bonds. The Balaban J connectivity index is 2.17. The summed E-state index contributed by atoms with van der Waals surface area (Å²) in [6.07, 6.45) is 4.80. The van der Waals surface area contributed by atoms with Crippen LogP contribution >= 0.6 is 0 Å². The lowest BCUT2D eigenvalue weighted by Gasteiger charge is -2.37. The van der Waals surface area contributed by atoms with Crippen LogP contribution in [0.3, 0.4) is 0 Å². The number of rotatable bonds is 4. The highest BCUT2D eigenvalue weighted by Crippen LogP contribution is 2.35. The first-order valence-electron chi connectivity index (χ1n) is 5.24. The van der Waals surface area contributed by atoms with Crippen LogP contribution in [0.4, 0.5) is 0 Å². The van der Waals surface area contributed by atoms with Gasteiger partial charge in [0.15, 0.2) is 0 Å². The van der Waals surface area contributed by atoms with Crippen LogP contribution in [0.15, 0.2) is 0 Å². The largest absolute Gasteiger partial charge is 0.459 e. The molecule has 0 spiro atoms. The molecule has 0 aliphatic heterocycles. The van der Waals surface area contributed by atoms with Crippen molar-refractivity contribution in [3.8, 4) is 0 Å². The Morgan fingerprint density at radius 1 is 1.46 bits per heavy atom. The van der Waals surface area contributed by atoms with Crippen molar-refractivity contribution in [1.82, 2.24) is 0 Å². The van der Waals surface area contributed by atoms with Crippen molar-refractivity contribution in [1.29, 1.82) is 0 Å². The Morgan fingerprint density at radius 3 is 2.46 bits per heavy atom. The highest BCUT2D eigenvalue weighted by molar-refractivity contribution is 5.69. The van der Waals surface area contributed by atoms with Crippen molar-refractivity contribution in [3.63, 3.8) is 0 Å². The third-order valence-electron chi connectivity index (χ3n) is 2.70. The molecule has 1 rings (SSSR count). The third kappa shape index (κ3) is 3.37. The zero-order chi connectivity index (χ0) is 9.90. The fourth-order valence-corrected chi connectivity index (χ4v) is 1.51. The highest BCUT2D eigenvalue weighted by atomic mass is 16.6. The first kappa shape index (κ1) is 10.6. The molecule has 1 fully saturated rings. The van der Waals surface area contributed by atoms with Crippen LogP contribution < -0.4 is 0 Å². The third-order valence-corrected chi connectivity index (χ3v) is 2.70. The minimum absolute atomic E-state index is 0.0177. The summed E-state index contributed by atoms with van der Waals surface area (Å²) < 4.78 is 5.39. The predicted octanol–water partition coefficient (Wildman–Crippen LogP) is 2.91. The summed E-state index contributed by atoms with van der Waals surface area (Å²) in [6.45, 7) is 6.28. The van der Waals surface area contributed by atoms with Crippen molar-refractivity contribution in [2.24, 2.45) is 5.92 Å². The molecule has 0 unspecified atom stereocenters. The zero-order valence-corrected chi connectivity index (χ0v) is 8.93. The maximum atomic E-state index is 11.3. The Morgan fingerprint density at radius 2 is 2.08 bits per heavy atom. The molecule has 0 aromatic carbocycles. The van der Waals surface area contributed by atoms with Crippen LogP contribution in [-0.2, 0) is 9.53 Å². The Bertz CT molecular complexity index is 181. The number of hydrogen-bond donors (Lipinski definition) is 0. The van der Waals surface area contributed by atoms with Gasteiger partial charge in [0.05, 0.1) is 0 Å². The number of carbonyl (C=O) groups is 1. The number of esters is 1. The standard InChI is InChI=1S/C11H20O2/c1-9(2)5-6-10(12)13-11(3)7-4-8-11/h9H,4-8H2,1-3H3. The van der Waals surface area contributed by atoms with E-state index in [9.17, 15) is 4.79 Å². The summed E-state index contributed by atoms with van der Waals surface area (Å²) in [5, 5.41) is 0. The van der Waals surface area contributed by atoms with E-state index >= 15 is 0 Å². The molecule has 0 N–H and O–H groups in total. The lowest BCUT2D eigenvalue weighted by atomic mass is 9.82. The molecule has 2 heteroatoms. The van der Waals surface area contributed by atoms with E-state index in [0.717, 1.165) is 19.3 Å². The molecule has 0 atom stereocenters. The summed E-state index contributed by atoms with van der Waals surface area (Å²) in [4.78, 5) is 11.3. The maximum absolute atomic E-state index is 11.3. The normalized spacial score (nSPS) is 19.7. The molecule has 2 nitrogen and oxygen atoms in total. The van der Waals surface area contributed by atoms with E-state index in [4.69, 9.17) is 4.74 Å². The van der Waals surface area contributed by atoms with Crippen LogP contribution in [0.25, 0.3) is 0 Å². The number of hydrogen-bond acceptors (Lipinski definition) is 2. The van der Waals surface area contributed by atoms with E-state index < -0.39 is 0 Å². The number of carbonyl (C=O) groups excluding carboxylic acids is 1. The van der Waals surface area contributed by atoms with Crippen LogP contribution in [0.5, 0.6) is 0 Å². The highest BCUT2D eigenvalue weighted by Gasteiger charge is 2.35. The van der Waals surface area contributed by atoms with Gasteiger partial charge in [-0.25, -0.2) is 0 Å². The summed E-state index contributed by atoms with van der Waals surface area (Å²) in [5.41, 5.74) is -0.117. The molecule has 0 aromatic rings. The number of ether oxygens (including phenoxy) is 1. The molecule has 0 bridgehead atoms. The SMILES string of the molecule is CC(C)CCC(=O)OC1(C)CCC1. The van der Waals surface area contributed by atoms with Crippen molar-refractivity contribution >= 4 is 5.97 Å². The summed E-state index contributed by atoms with van der Waals surface area (Å²) >= 11 is 0. The Kier molecular flexibility index (Phi) is 3.34. The monoisotopic (exact) mass is 184 g/mol. The average molecular weight is 184 g/mol. The maximum Gasteiger partial charge on any atom is 0.306 e. The van der Waals surface area contributed by atoms with Gasteiger partial charge in [-0.15, -0.1) is 0 Å². The second kappa shape index (κ2) is 4.12. The minimum Gasteiger partial charge on any atom is -0.459 e. The molecule has 0 heterocycles. The van der Waals surface area contributed by atoms with Crippen LogP contribution in [0.1, 0.15) is 52.9 Å². The van der Waals surface area contributed by atoms with Gasteiger partial charge in [-0.05, 0) is 38.5 Å². The fraction of sp³-hybridized carbons (Fsp3) is 0.909. The molecular weight excluding hydrogens is 164 g/mol. The van der Waals surface area contributed by atoms with Gasteiger partial charge in [0.25, 0.3) is 0 Å². The van der Waals surface area contributed by atoms with Gasteiger partial charge in [-0.2, -0.15) is 0 Å². The van der Waals surface area contributed by atoms with Crippen molar-refractivity contribution < 1.29 is 9.53 Å². The van der Waals surface area contributed by atoms with Crippen LogP contribution in [0, 0.1) is 5.92 Å². The Labute approximate surface area is 80.7 Å². The summed E-state index contributed by atoms with van der Waals surface area (Å²) in [6, 6.07) is 0. The van der Waals surface area contributed by atoms with Gasteiger partial charge in [0.1, 0.15) is 5.60 Å². The molecule has 0 aromatic heterocycles. The first-order valence-corrected chi connectivity index (χ1v) is 5.24. The van der Waals surface area contributed by atoms with Gasteiger partial charge in [0, 0.05) is 6.42 Å².